The van der Waals surface area contributed by atoms with Crippen LogP contribution in [0.15, 0.2) is 79.1 Å². The third-order valence-corrected chi connectivity index (χ3v) is 6.71. The summed E-state index contributed by atoms with van der Waals surface area (Å²) in [5, 5.41) is 9.88. The van der Waals surface area contributed by atoms with E-state index in [-0.39, 0.29) is 5.78 Å². The molecule has 0 saturated carbocycles. The van der Waals surface area contributed by atoms with Crippen LogP contribution in [0.3, 0.4) is 0 Å². The third kappa shape index (κ3) is 3.50. The smallest absolute Gasteiger partial charge is 0.169 e. The summed E-state index contributed by atoms with van der Waals surface area (Å²) in [5.41, 5.74) is 12.5. The molecule has 0 radical (unpaired) electrons. The molecule has 0 aliphatic heterocycles. The van der Waals surface area contributed by atoms with Gasteiger partial charge in [-0.1, -0.05) is 18.2 Å². The molecule has 0 aliphatic rings. The fourth-order valence-corrected chi connectivity index (χ4v) is 4.76. The van der Waals surface area contributed by atoms with Crippen molar-refractivity contribution in [1.82, 2.24) is 9.97 Å². The van der Waals surface area contributed by atoms with Crippen LogP contribution in [0.4, 0.5) is 5.69 Å². The van der Waals surface area contributed by atoms with Gasteiger partial charge >= 0.3 is 0 Å². The number of fused-ring (bicyclic) bond motifs is 1. The number of ketones is 1. The number of nitrogens with one attached hydrogen (secondary N) is 2. The number of aromatic amines is 1. The highest BCUT2D eigenvalue weighted by Gasteiger charge is 2.16. The van der Waals surface area contributed by atoms with Gasteiger partial charge in [0.25, 0.3) is 0 Å². The molecule has 0 bridgehead atoms. The number of rotatable bonds is 5. The first kappa shape index (κ1) is 19.9. The minimum absolute atomic E-state index is 0.0644. The molecule has 0 saturated heterocycles. The maximum atomic E-state index is 11.7. The number of thiophene rings is 1. The van der Waals surface area contributed by atoms with E-state index in [9.17, 15) is 4.79 Å². The Bertz CT molecular complexity index is 1480. The molecule has 2 aromatic carbocycles. The standard InChI is InChI=1S/C26H20N4OS/c1-15(31)24-7-8-25(32-24)18-3-2-4-22-19(18)14-23(30-22)26(28)20-13-17(5-6-21(20)27)16-9-11-29-12-10-16/h2-14,28,30H,27H2,1H3. The van der Waals surface area contributed by atoms with E-state index >= 15 is 0 Å². The van der Waals surface area contributed by atoms with Crippen molar-refractivity contribution in [3.63, 3.8) is 0 Å². The fraction of sp³-hybridized carbons (Fsp3) is 0.0385. The zero-order chi connectivity index (χ0) is 22.2. The predicted octanol–water partition coefficient (Wildman–Crippen LogP) is 6.16. The number of Topliss-reactive ketones (excluding diaryl/α,β-unsaturated/α-hetero) is 1. The molecule has 0 fully saturated rings. The van der Waals surface area contributed by atoms with Crippen molar-refractivity contribution in [3.05, 3.63) is 95.3 Å². The summed E-state index contributed by atoms with van der Waals surface area (Å²) in [6.07, 6.45) is 3.50. The van der Waals surface area contributed by atoms with Gasteiger partial charge in [-0.2, -0.15) is 0 Å². The quantitative estimate of drug-likeness (QED) is 0.175. The Morgan fingerprint density at radius 2 is 1.81 bits per heavy atom. The Labute approximate surface area is 189 Å². The average molecular weight is 437 g/mol. The summed E-state index contributed by atoms with van der Waals surface area (Å²) in [6, 6.07) is 21.4. The van der Waals surface area contributed by atoms with Gasteiger partial charge < -0.3 is 10.7 Å². The van der Waals surface area contributed by atoms with E-state index in [0.717, 1.165) is 37.3 Å². The lowest BCUT2D eigenvalue weighted by molar-refractivity contribution is 0.102. The molecule has 0 aliphatic carbocycles. The molecular formula is C26H20N4OS. The number of carbonyl (C=O) groups is 1. The summed E-state index contributed by atoms with van der Waals surface area (Å²) >= 11 is 1.48. The first-order valence-electron chi connectivity index (χ1n) is 10.1. The van der Waals surface area contributed by atoms with Gasteiger partial charge in [0.1, 0.15) is 0 Å². The van der Waals surface area contributed by atoms with Crippen LogP contribution in [0, 0.1) is 5.41 Å². The van der Waals surface area contributed by atoms with E-state index in [0.29, 0.717) is 22.7 Å². The number of anilines is 1. The van der Waals surface area contributed by atoms with Crippen molar-refractivity contribution < 1.29 is 4.79 Å². The van der Waals surface area contributed by atoms with Crippen molar-refractivity contribution in [2.45, 2.75) is 6.92 Å². The molecular weight excluding hydrogens is 416 g/mol. The highest BCUT2D eigenvalue weighted by Crippen LogP contribution is 2.35. The third-order valence-electron chi connectivity index (χ3n) is 5.49. The molecule has 5 nitrogen and oxygen atoms in total. The number of nitrogens with two attached hydrogens (primary N) is 1. The SMILES string of the molecule is CC(=O)c1ccc(-c2cccc3[nH]c(C(=N)c4cc(-c5ccncc5)ccc4N)cc23)s1. The average Bonchev–Trinajstić information content (AvgIpc) is 3.47. The van der Waals surface area contributed by atoms with Gasteiger partial charge in [0.05, 0.1) is 16.3 Å². The van der Waals surface area contributed by atoms with Gasteiger partial charge in [-0.05, 0) is 66.6 Å². The molecule has 3 aromatic heterocycles. The van der Waals surface area contributed by atoms with Crippen molar-refractivity contribution in [3.8, 4) is 21.6 Å². The minimum atomic E-state index is 0.0644. The lowest BCUT2D eigenvalue weighted by Crippen LogP contribution is -2.06. The van der Waals surface area contributed by atoms with Crippen LogP contribution < -0.4 is 5.73 Å². The number of hydrogen-bond acceptors (Lipinski definition) is 5. The van der Waals surface area contributed by atoms with Crippen molar-refractivity contribution in [1.29, 1.82) is 5.41 Å². The van der Waals surface area contributed by atoms with Gasteiger partial charge in [0.2, 0.25) is 0 Å². The highest BCUT2D eigenvalue weighted by molar-refractivity contribution is 7.17. The first-order chi connectivity index (χ1) is 15.5. The number of aromatic nitrogens is 2. The minimum Gasteiger partial charge on any atom is -0.398 e. The maximum absolute atomic E-state index is 11.7. The van der Waals surface area contributed by atoms with E-state index in [1.807, 2.05) is 66.7 Å². The zero-order valence-electron chi connectivity index (χ0n) is 17.3. The summed E-state index contributed by atoms with van der Waals surface area (Å²) < 4.78 is 0. The molecule has 5 rings (SSSR count). The van der Waals surface area contributed by atoms with Gasteiger partial charge in [-0.3, -0.25) is 15.2 Å². The van der Waals surface area contributed by atoms with E-state index in [1.54, 1.807) is 19.3 Å². The number of nitrogens with zero attached hydrogens (tertiary/aromatic N) is 1. The summed E-state index contributed by atoms with van der Waals surface area (Å²) in [5.74, 6) is 0.0644. The molecule has 0 amide bonds. The summed E-state index contributed by atoms with van der Waals surface area (Å²) in [6.45, 7) is 1.58. The molecule has 6 heteroatoms. The van der Waals surface area contributed by atoms with Gasteiger partial charge in [-0.15, -0.1) is 11.3 Å². The summed E-state index contributed by atoms with van der Waals surface area (Å²) in [4.78, 5) is 20.9. The topological polar surface area (TPSA) is 95.6 Å². The van der Waals surface area contributed by atoms with E-state index in [1.165, 1.54) is 11.3 Å². The molecule has 0 unspecified atom stereocenters. The number of pyridine rings is 1. The molecule has 0 spiro atoms. The molecule has 156 valence electrons. The molecule has 5 aromatic rings. The van der Waals surface area contributed by atoms with Crippen LogP contribution in [-0.2, 0) is 0 Å². The Morgan fingerprint density at radius 3 is 2.56 bits per heavy atom. The number of hydrogen-bond donors (Lipinski definition) is 3. The lowest BCUT2D eigenvalue weighted by Gasteiger charge is -2.09. The normalized spacial score (nSPS) is 11.0. The van der Waals surface area contributed by atoms with E-state index in [4.69, 9.17) is 11.1 Å². The van der Waals surface area contributed by atoms with Crippen molar-refractivity contribution in [2.24, 2.45) is 0 Å². The number of H-pyrrole nitrogens is 1. The lowest BCUT2D eigenvalue weighted by atomic mass is 9.98. The fourth-order valence-electron chi connectivity index (χ4n) is 3.82. The van der Waals surface area contributed by atoms with Crippen LogP contribution in [0.1, 0.15) is 27.9 Å². The second kappa shape index (κ2) is 7.90. The van der Waals surface area contributed by atoms with Crippen molar-refractivity contribution >= 4 is 39.4 Å². The Morgan fingerprint density at radius 1 is 1.00 bits per heavy atom. The van der Waals surface area contributed by atoms with E-state index in [2.05, 4.69) is 9.97 Å². The number of carbonyl (C=O) groups excluding carboxylic acids is 1. The van der Waals surface area contributed by atoms with Crippen LogP contribution in [-0.4, -0.2) is 21.5 Å². The van der Waals surface area contributed by atoms with Crippen LogP contribution in [0.25, 0.3) is 32.5 Å². The summed E-state index contributed by atoms with van der Waals surface area (Å²) in [7, 11) is 0. The zero-order valence-corrected chi connectivity index (χ0v) is 18.2. The van der Waals surface area contributed by atoms with Crippen LogP contribution >= 0.6 is 11.3 Å². The highest BCUT2D eigenvalue weighted by atomic mass is 32.1. The Balaban J connectivity index is 1.57. The number of nitrogen functional groups attached to an aromatic ring is 1. The number of benzene rings is 2. The molecule has 3 heterocycles. The molecule has 32 heavy (non-hydrogen) atoms. The Hall–Kier alpha value is -4.03. The monoisotopic (exact) mass is 436 g/mol. The van der Waals surface area contributed by atoms with E-state index < -0.39 is 0 Å². The van der Waals surface area contributed by atoms with Crippen LogP contribution in [0.5, 0.6) is 0 Å². The van der Waals surface area contributed by atoms with Gasteiger partial charge in [-0.25, -0.2) is 0 Å². The van der Waals surface area contributed by atoms with Crippen LogP contribution in [0.2, 0.25) is 0 Å². The van der Waals surface area contributed by atoms with Crippen molar-refractivity contribution in [2.75, 3.05) is 5.73 Å². The molecule has 4 N–H and O–H groups in total. The van der Waals surface area contributed by atoms with Gasteiger partial charge in [0.15, 0.2) is 5.78 Å². The first-order valence-corrected chi connectivity index (χ1v) is 10.9. The molecule has 0 atom stereocenters. The Kier molecular flexibility index (Phi) is 4.92. The second-order valence-corrected chi connectivity index (χ2v) is 8.67. The largest absolute Gasteiger partial charge is 0.398 e. The van der Waals surface area contributed by atoms with Gasteiger partial charge in [0, 0.05) is 45.0 Å². The maximum Gasteiger partial charge on any atom is 0.169 e. The second-order valence-electron chi connectivity index (χ2n) is 7.58. The predicted molar refractivity (Wildman–Crippen MR) is 132 cm³/mol.